The van der Waals surface area contributed by atoms with Crippen molar-refractivity contribution >= 4 is 74.8 Å². The molecule has 7 unspecified atom stereocenters. The molecule has 4 fully saturated rings. The molecule has 0 aliphatic carbocycles. The Bertz CT molecular complexity index is 1450. The van der Waals surface area contributed by atoms with E-state index in [0.29, 0.717) is 38.8 Å². The van der Waals surface area contributed by atoms with E-state index in [4.69, 9.17) is 0 Å². The fourth-order valence-electron chi connectivity index (χ4n) is 8.20. The van der Waals surface area contributed by atoms with Crippen LogP contribution in [0.5, 0.6) is 0 Å². The van der Waals surface area contributed by atoms with Crippen molar-refractivity contribution in [3.63, 3.8) is 0 Å². The van der Waals surface area contributed by atoms with Crippen LogP contribution in [0.3, 0.4) is 0 Å². The van der Waals surface area contributed by atoms with Crippen molar-refractivity contribution in [1.29, 1.82) is 0 Å². The number of rotatable bonds is 3. The molecule has 44 heavy (non-hydrogen) atoms. The van der Waals surface area contributed by atoms with E-state index in [9.17, 15) is 0 Å². The van der Waals surface area contributed by atoms with Crippen molar-refractivity contribution in [3.8, 4) is 0 Å². The molecular weight excluding hydrogens is 730 g/mol. The zero-order chi connectivity index (χ0) is 32.1. The van der Waals surface area contributed by atoms with Crippen LogP contribution in [0.1, 0.15) is 83.1 Å². The summed E-state index contributed by atoms with van der Waals surface area (Å²) in [6.07, 6.45) is 0. The Hall–Kier alpha value is 0.349. The molecule has 1 radical (unpaired) electrons. The summed E-state index contributed by atoms with van der Waals surface area (Å²) in [5.41, 5.74) is 1.78. The molecule has 3 aromatic rings. The van der Waals surface area contributed by atoms with Crippen molar-refractivity contribution in [3.05, 3.63) is 91.0 Å². The van der Waals surface area contributed by atoms with Crippen LogP contribution >= 0.6 is 39.3 Å². The summed E-state index contributed by atoms with van der Waals surface area (Å²) >= 11 is -1.98. The van der Waals surface area contributed by atoms with E-state index in [0.717, 1.165) is 4.64 Å². The third kappa shape index (κ3) is 4.68. The molecular formula is C38H52P5Sn. The predicted octanol–water partition coefficient (Wildman–Crippen LogP) is 11.5. The molecule has 7 atom stereocenters. The zero-order valence-electron chi connectivity index (χ0n) is 28.9. The van der Waals surface area contributed by atoms with Gasteiger partial charge in [0, 0.05) is 4.90 Å². The number of hydrogen-bond acceptors (Lipinski definition) is 0. The Labute approximate surface area is 283 Å². The van der Waals surface area contributed by atoms with Crippen LogP contribution in [-0.4, -0.2) is 39.2 Å². The van der Waals surface area contributed by atoms with Crippen LogP contribution in [-0.2, 0) is 0 Å². The molecule has 0 aromatic heterocycles. The van der Waals surface area contributed by atoms with Gasteiger partial charge in [-0.2, -0.15) is 0 Å². The number of hydrogen-bond donors (Lipinski definition) is 0. The van der Waals surface area contributed by atoms with Gasteiger partial charge >= 0.3 is 121 Å². The second-order valence-corrected chi connectivity index (χ2v) is 39.8. The summed E-state index contributed by atoms with van der Waals surface area (Å²) in [6.45, 7) is 31.1. The predicted molar refractivity (Wildman–Crippen MR) is 211 cm³/mol. The molecule has 0 spiro atoms. The van der Waals surface area contributed by atoms with Crippen molar-refractivity contribution < 1.29 is 0 Å². The van der Waals surface area contributed by atoms with Crippen LogP contribution in [0.2, 0.25) is 0 Å². The number of benzene rings is 3. The average Bonchev–Trinajstić information content (AvgIpc) is 3.19. The van der Waals surface area contributed by atoms with E-state index in [2.05, 4.69) is 174 Å². The zero-order valence-corrected chi connectivity index (χ0v) is 36.4. The molecule has 233 valence electrons. The quantitative estimate of drug-likeness (QED) is 0.183. The Morgan fingerprint density at radius 1 is 0.568 bits per heavy atom. The van der Waals surface area contributed by atoms with E-state index in [-0.39, 0.29) is 15.5 Å². The molecule has 0 nitrogen and oxygen atoms in total. The molecule has 0 N–H and O–H groups in total. The standard InChI is InChI=1S/C20H37P5.3C6H5.Sn/c1-14(2,3)13-21-18(15(4,5)6)19(16(7,8)9)22-25-20(23(13)19,24(18)25)17(10,11)12;3*1-2-4-6-5-3-1;/h22H,1-12H3;3*1-5H;. The molecule has 0 amide bonds. The van der Waals surface area contributed by atoms with Gasteiger partial charge in [-0.1, -0.05) is 99.6 Å². The first-order valence-corrected chi connectivity index (χ1v) is 27.9. The normalized spacial score (nSPS) is 32.8. The van der Waals surface area contributed by atoms with Gasteiger partial charge in [-0.3, -0.25) is 0 Å². The maximum absolute atomic E-state index is 2.62. The van der Waals surface area contributed by atoms with Gasteiger partial charge in [0.2, 0.25) is 0 Å². The summed E-state index contributed by atoms with van der Waals surface area (Å²) in [4.78, 5) is 1.25. The molecule has 0 saturated carbocycles. The van der Waals surface area contributed by atoms with Crippen molar-refractivity contribution in [2.24, 2.45) is 21.7 Å². The molecule has 8 rings (SSSR count). The van der Waals surface area contributed by atoms with Gasteiger partial charge in [0.05, 0.1) is 9.54 Å². The van der Waals surface area contributed by atoms with E-state index in [1.165, 1.54) is 19.0 Å². The molecule has 5 heterocycles. The first kappa shape index (κ1) is 34.2. The van der Waals surface area contributed by atoms with Crippen LogP contribution < -0.4 is 10.7 Å². The summed E-state index contributed by atoms with van der Waals surface area (Å²) in [5.74, 6) is 0. The minimum absolute atomic E-state index is 0.0222. The molecule has 6 bridgehead atoms. The third-order valence-corrected chi connectivity index (χ3v) is 48.8. The summed E-state index contributed by atoms with van der Waals surface area (Å²) < 4.78 is 5.37. The van der Waals surface area contributed by atoms with Crippen LogP contribution in [0.15, 0.2) is 91.0 Å². The fourth-order valence-corrected chi connectivity index (χ4v) is 65.2. The van der Waals surface area contributed by atoms with Gasteiger partial charge < -0.3 is 0 Å². The molecule has 4 saturated heterocycles. The van der Waals surface area contributed by atoms with Gasteiger partial charge in [0.25, 0.3) is 0 Å². The maximum atomic E-state index is 2.62. The second-order valence-electron chi connectivity index (χ2n) is 17.0. The van der Waals surface area contributed by atoms with E-state index in [1.807, 2.05) is 13.2 Å². The summed E-state index contributed by atoms with van der Waals surface area (Å²) in [5, 5.41) is 2.01. The first-order valence-electron chi connectivity index (χ1n) is 16.2. The van der Waals surface area contributed by atoms with E-state index in [1.54, 1.807) is 0 Å². The van der Waals surface area contributed by atoms with Crippen molar-refractivity contribution in [2.75, 3.05) is 0 Å². The average molecular weight is 782 g/mol. The SMILES string of the molecule is CC(C)(C)C1=PC2(C(C)(C)C)P3P4PC2(C(C)(C)C)P1C43C(C)(C)C.c1cc[c]([Sn]([c]2ccccc2)[c]2ccccc2)cc1. The van der Waals surface area contributed by atoms with E-state index >= 15 is 0 Å². The Kier molecular flexibility index (Phi) is 8.70. The van der Waals surface area contributed by atoms with Gasteiger partial charge in [-0.25, -0.2) is 0 Å². The molecule has 3 aromatic carbocycles. The minimum atomic E-state index is -1.98. The van der Waals surface area contributed by atoms with Gasteiger partial charge in [-0.05, 0) is 49.5 Å². The Balaban J connectivity index is 0.000000162. The Morgan fingerprint density at radius 3 is 1.27 bits per heavy atom. The van der Waals surface area contributed by atoms with Gasteiger partial charge in [0.1, 0.15) is 0 Å². The molecule has 6 heteroatoms. The van der Waals surface area contributed by atoms with Crippen LogP contribution in [0.4, 0.5) is 0 Å². The Morgan fingerprint density at radius 2 is 0.977 bits per heavy atom. The van der Waals surface area contributed by atoms with Crippen molar-refractivity contribution in [1.82, 2.24) is 0 Å². The molecule has 5 aliphatic heterocycles. The second kappa shape index (κ2) is 11.2. The monoisotopic (exact) mass is 783 g/mol. The topological polar surface area (TPSA) is 0 Å². The van der Waals surface area contributed by atoms with Crippen LogP contribution in [0, 0.1) is 21.7 Å². The fraction of sp³-hybridized carbons (Fsp3) is 0.500. The summed E-state index contributed by atoms with van der Waals surface area (Å²) in [7, 11) is 3.69. The van der Waals surface area contributed by atoms with Crippen LogP contribution in [0.25, 0.3) is 0 Å². The first-order chi connectivity index (χ1) is 20.4. The van der Waals surface area contributed by atoms with Gasteiger partial charge in [-0.15, -0.1) is 0 Å². The summed E-state index contributed by atoms with van der Waals surface area (Å²) in [6, 6.07) is 32.9. The molecule has 5 aliphatic rings. The van der Waals surface area contributed by atoms with Gasteiger partial charge in [0.15, 0.2) is 0 Å². The van der Waals surface area contributed by atoms with E-state index < -0.39 is 19.8 Å². The third-order valence-electron chi connectivity index (χ3n) is 9.95. The van der Waals surface area contributed by atoms with Crippen molar-refractivity contribution in [2.45, 2.75) is 97.5 Å².